The highest BCUT2D eigenvalue weighted by Crippen LogP contribution is 2.27. The molecule has 1 aromatic heterocycles. The van der Waals surface area contributed by atoms with E-state index in [1.54, 1.807) is 6.92 Å². The maximum atomic E-state index is 12.8. The van der Waals surface area contributed by atoms with Gasteiger partial charge in [-0.2, -0.15) is 5.26 Å². The van der Waals surface area contributed by atoms with Gasteiger partial charge in [0.25, 0.3) is 0 Å². The molecule has 116 valence electrons. The number of carbonyl (C=O) groups is 2. The van der Waals surface area contributed by atoms with Crippen LogP contribution in [0.4, 0.5) is 0 Å². The number of ketones is 2. The fourth-order valence-corrected chi connectivity index (χ4v) is 3.26. The number of allylic oxidation sites excluding steroid dienone is 2. The summed E-state index contributed by atoms with van der Waals surface area (Å²) in [6.07, 6.45) is 6.20. The summed E-state index contributed by atoms with van der Waals surface area (Å²) in [5, 5.41) is 10.2. The van der Waals surface area contributed by atoms with Crippen molar-refractivity contribution in [3.8, 4) is 6.07 Å². The maximum Gasteiger partial charge on any atom is 0.189 e. The Kier molecular flexibility index (Phi) is 4.12. The monoisotopic (exact) mass is 306 g/mol. The van der Waals surface area contributed by atoms with Gasteiger partial charge < -0.3 is 4.98 Å². The summed E-state index contributed by atoms with van der Waals surface area (Å²) >= 11 is 0. The first-order valence-electron chi connectivity index (χ1n) is 7.82. The third kappa shape index (κ3) is 2.83. The van der Waals surface area contributed by atoms with E-state index in [2.05, 4.69) is 4.98 Å². The number of para-hydroxylation sites is 1. The molecule has 0 aliphatic heterocycles. The van der Waals surface area contributed by atoms with Crippen LogP contribution in [0.5, 0.6) is 0 Å². The molecule has 0 bridgehead atoms. The van der Waals surface area contributed by atoms with E-state index in [4.69, 9.17) is 0 Å². The third-order valence-electron chi connectivity index (χ3n) is 4.43. The molecule has 1 N–H and O–H groups in total. The van der Waals surface area contributed by atoms with Crippen molar-refractivity contribution in [3.63, 3.8) is 0 Å². The molecular formula is C19H18N2O2. The molecule has 23 heavy (non-hydrogen) atoms. The predicted octanol–water partition coefficient (Wildman–Crippen LogP) is 3.72. The summed E-state index contributed by atoms with van der Waals surface area (Å²) in [5.41, 5.74) is 2.00. The quantitative estimate of drug-likeness (QED) is 0.519. The topological polar surface area (TPSA) is 73.7 Å². The molecule has 4 nitrogen and oxygen atoms in total. The van der Waals surface area contributed by atoms with Gasteiger partial charge in [-0.1, -0.05) is 30.4 Å². The van der Waals surface area contributed by atoms with Crippen LogP contribution in [-0.2, 0) is 4.79 Å². The number of nitrogens with zero attached hydrogens (tertiary/aromatic N) is 1. The molecular weight excluding hydrogens is 288 g/mol. The number of aromatic amines is 1. The maximum absolute atomic E-state index is 12.8. The molecule has 4 heteroatoms. The van der Waals surface area contributed by atoms with Gasteiger partial charge in [0.1, 0.15) is 0 Å². The average Bonchev–Trinajstić information content (AvgIpc) is 3.14. The van der Waals surface area contributed by atoms with Crippen molar-refractivity contribution < 1.29 is 9.59 Å². The molecule has 2 aromatic rings. The van der Waals surface area contributed by atoms with Gasteiger partial charge in [0.2, 0.25) is 0 Å². The van der Waals surface area contributed by atoms with Gasteiger partial charge in [0.05, 0.1) is 6.07 Å². The molecule has 0 fully saturated rings. The molecule has 0 spiro atoms. The van der Waals surface area contributed by atoms with Crippen molar-refractivity contribution in [1.82, 2.24) is 4.98 Å². The largest absolute Gasteiger partial charge is 0.358 e. The molecule has 1 aliphatic carbocycles. The molecule has 0 saturated heterocycles. The lowest BCUT2D eigenvalue weighted by atomic mass is 9.88. The Labute approximate surface area is 134 Å². The summed E-state index contributed by atoms with van der Waals surface area (Å²) in [6.45, 7) is 1.80. The highest BCUT2D eigenvalue weighted by atomic mass is 16.1. The number of fused-ring (bicyclic) bond motifs is 1. The number of benzene rings is 1. The summed E-state index contributed by atoms with van der Waals surface area (Å²) in [5.74, 6) is -1.73. The average molecular weight is 306 g/mol. The molecule has 0 unspecified atom stereocenters. The second kappa shape index (κ2) is 6.21. The van der Waals surface area contributed by atoms with Crippen molar-refractivity contribution >= 4 is 22.5 Å². The van der Waals surface area contributed by atoms with Crippen molar-refractivity contribution in [2.45, 2.75) is 26.2 Å². The lowest BCUT2D eigenvalue weighted by molar-refractivity contribution is -0.120. The second-order valence-electron chi connectivity index (χ2n) is 6.03. The van der Waals surface area contributed by atoms with Gasteiger partial charge in [0.15, 0.2) is 17.5 Å². The minimum absolute atomic E-state index is 0.162. The summed E-state index contributed by atoms with van der Waals surface area (Å²) < 4.78 is 0. The van der Waals surface area contributed by atoms with Gasteiger partial charge in [-0.3, -0.25) is 9.59 Å². The molecule has 3 rings (SSSR count). The molecule has 1 aliphatic rings. The minimum Gasteiger partial charge on any atom is -0.358 e. The Bertz CT molecular complexity index is 839. The van der Waals surface area contributed by atoms with Gasteiger partial charge in [-0.15, -0.1) is 0 Å². The molecule has 0 amide bonds. The number of aryl methyl sites for hydroxylation is 1. The fourth-order valence-electron chi connectivity index (χ4n) is 3.26. The number of hydrogen-bond donors (Lipinski definition) is 1. The Balaban J connectivity index is 1.90. The number of rotatable bonds is 5. The number of carbonyl (C=O) groups excluding carboxylic acids is 2. The van der Waals surface area contributed by atoms with Crippen LogP contribution in [0.1, 0.15) is 35.3 Å². The third-order valence-corrected chi connectivity index (χ3v) is 4.43. The van der Waals surface area contributed by atoms with Gasteiger partial charge >= 0.3 is 0 Å². The Morgan fingerprint density at radius 2 is 2.17 bits per heavy atom. The lowest BCUT2D eigenvalue weighted by Gasteiger charge is -2.11. The summed E-state index contributed by atoms with van der Waals surface area (Å²) in [4.78, 5) is 28.4. The SMILES string of the molecule is Cc1[nH]c2ccccc2c1C(=O)[C@@H](C#N)C(=O)C[C@@H]1C=CCC1. The van der Waals surface area contributed by atoms with Crippen molar-refractivity contribution in [3.05, 3.63) is 47.7 Å². The van der Waals surface area contributed by atoms with Crippen molar-refractivity contribution in [2.75, 3.05) is 0 Å². The molecule has 1 aromatic carbocycles. The number of aromatic nitrogens is 1. The van der Waals surface area contributed by atoms with Crippen molar-refractivity contribution in [2.24, 2.45) is 11.8 Å². The first-order valence-corrected chi connectivity index (χ1v) is 7.82. The van der Waals surface area contributed by atoms with Gasteiger partial charge in [-0.05, 0) is 31.7 Å². The van der Waals surface area contributed by atoms with Crippen LogP contribution in [0.15, 0.2) is 36.4 Å². The number of H-pyrrole nitrogens is 1. The first kappa shape index (κ1) is 15.2. The zero-order valence-electron chi connectivity index (χ0n) is 13.0. The molecule has 1 heterocycles. The zero-order valence-corrected chi connectivity index (χ0v) is 13.0. The number of nitriles is 1. The zero-order chi connectivity index (χ0) is 16.4. The van der Waals surface area contributed by atoms with Crippen molar-refractivity contribution in [1.29, 1.82) is 5.26 Å². The van der Waals surface area contributed by atoms with E-state index in [1.165, 1.54) is 0 Å². The van der Waals surface area contributed by atoms with Crippen LogP contribution < -0.4 is 0 Å². The molecule has 0 saturated carbocycles. The smallest absolute Gasteiger partial charge is 0.189 e. The van der Waals surface area contributed by atoms with E-state index >= 15 is 0 Å². The molecule has 0 radical (unpaired) electrons. The van der Waals surface area contributed by atoms with E-state index in [9.17, 15) is 14.9 Å². The first-order chi connectivity index (χ1) is 11.1. The van der Waals surface area contributed by atoms with Crippen LogP contribution in [-0.4, -0.2) is 16.6 Å². The number of Topliss-reactive ketones (excluding diaryl/α,β-unsaturated/α-hetero) is 2. The van der Waals surface area contributed by atoms with Crippen LogP contribution in [0.2, 0.25) is 0 Å². The highest BCUT2D eigenvalue weighted by molar-refractivity contribution is 6.18. The summed E-state index contributed by atoms with van der Waals surface area (Å²) in [6, 6.07) is 9.36. The van der Waals surface area contributed by atoms with E-state index < -0.39 is 11.7 Å². The van der Waals surface area contributed by atoms with Gasteiger partial charge in [-0.25, -0.2) is 0 Å². The standard InChI is InChI=1S/C19H18N2O2/c1-12-18(14-8-4-5-9-16(14)21-12)19(23)15(11-20)17(22)10-13-6-2-3-7-13/h2,4-6,8-9,13,15,21H,3,7,10H2,1H3/t13-,15+/m1/s1. The van der Waals surface area contributed by atoms with Crippen LogP contribution in [0.3, 0.4) is 0 Å². The second-order valence-corrected chi connectivity index (χ2v) is 6.03. The molecule has 2 atom stereocenters. The van der Waals surface area contributed by atoms with E-state index in [1.807, 2.05) is 42.5 Å². The predicted molar refractivity (Wildman–Crippen MR) is 88.0 cm³/mol. The Morgan fingerprint density at radius 1 is 1.39 bits per heavy atom. The van der Waals surface area contributed by atoms with E-state index in [0.29, 0.717) is 11.3 Å². The van der Waals surface area contributed by atoms with E-state index in [0.717, 1.165) is 23.7 Å². The van der Waals surface area contributed by atoms with Gasteiger partial charge in [0, 0.05) is 28.6 Å². The minimum atomic E-state index is -1.22. The van der Waals surface area contributed by atoms with E-state index in [-0.39, 0.29) is 18.1 Å². The Morgan fingerprint density at radius 3 is 2.87 bits per heavy atom. The number of hydrogen-bond acceptors (Lipinski definition) is 3. The van der Waals surface area contributed by atoms with Crippen LogP contribution in [0, 0.1) is 30.1 Å². The van der Waals surface area contributed by atoms with Crippen LogP contribution >= 0.6 is 0 Å². The Hall–Kier alpha value is -2.67. The lowest BCUT2D eigenvalue weighted by Crippen LogP contribution is -2.24. The number of nitrogens with one attached hydrogen (secondary N) is 1. The fraction of sp³-hybridized carbons (Fsp3) is 0.316. The summed E-state index contributed by atoms with van der Waals surface area (Å²) in [7, 11) is 0. The van der Waals surface area contributed by atoms with Crippen LogP contribution in [0.25, 0.3) is 10.9 Å². The highest BCUT2D eigenvalue weighted by Gasteiger charge is 2.31. The normalized spacial score (nSPS) is 18.0.